The van der Waals surface area contributed by atoms with Gasteiger partial charge in [-0.05, 0) is 65.9 Å². The van der Waals surface area contributed by atoms with Crippen LogP contribution in [0.5, 0.6) is 0 Å². The molecule has 0 aromatic rings. The molecule has 2 aliphatic rings. The van der Waals surface area contributed by atoms with Crippen molar-refractivity contribution in [3.8, 4) is 0 Å². The van der Waals surface area contributed by atoms with E-state index in [-0.39, 0.29) is 4.91 Å². The van der Waals surface area contributed by atoms with Gasteiger partial charge in [0.25, 0.3) is 0 Å². The Morgan fingerprint density at radius 1 is 1.09 bits per heavy atom. The summed E-state index contributed by atoms with van der Waals surface area (Å²) in [5.41, 5.74) is 0.0944. The molecule has 124 valence electrons. The highest BCUT2D eigenvalue weighted by molar-refractivity contribution is 7.96. The van der Waals surface area contributed by atoms with E-state index in [9.17, 15) is 13.5 Å². The highest BCUT2D eigenvalue weighted by Gasteiger charge is 2.52. The second-order valence-corrected chi connectivity index (χ2v) is 9.94. The van der Waals surface area contributed by atoms with Crippen LogP contribution >= 0.6 is 0 Å². The Labute approximate surface area is 133 Å². The molecule has 7 heteroatoms. The van der Waals surface area contributed by atoms with Gasteiger partial charge in [0.05, 0.1) is 11.2 Å². The van der Waals surface area contributed by atoms with Crippen LogP contribution in [-0.2, 0) is 19.1 Å². The normalized spacial score (nSPS) is 25.0. The molecule has 1 saturated heterocycles. The van der Waals surface area contributed by atoms with Crippen molar-refractivity contribution in [3.05, 3.63) is 22.5 Å². The van der Waals surface area contributed by atoms with Crippen molar-refractivity contribution in [3.63, 3.8) is 0 Å². The molecule has 0 aromatic heterocycles. The molecule has 0 saturated carbocycles. The van der Waals surface area contributed by atoms with E-state index < -0.39 is 33.1 Å². The Morgan fingerprint density at radius 3 is 1.95 bits per heavy atom. The Balaban J connectivity index is 2.23. The molecule has 0 unspecified atom stereocenters. The number of allylic oxidation sites excluding steroid dienone is 4. The highest BCUT2D eigenvalue weighted by Crippen LogP contribution is 2.40. The highest BCUT2D eigenvalue weighted by atomic mass is 32.2. The summed E-state index contributed by atoms with van der Waals surface area (Å²) in [6, 6.07) is 0. The van der Waals surface area contributed by atoms with E-state index in [2.05, 4.69) is 0 Å². The second-order valence-electron chi connectivity index (χ2n) is 7.41. The molecule has 0 spiro atoms. The fourth-order valence-corrected chi connectivity index (χ4v) is 3.63. The molecule has 2 rings (SSSR count). The first-order valence-electron chi connectivity index (χ1n) is 7.50. The molecule has 1 fully saturated rings. The minimum Gasteiger partial charge on any atom is -0.400 e. The quantitative estimate of drug-likeness (QED) is 0.805. The van der Waals surface area contributed by atoms with Crippen molar-refractivity contribution in [1.29, 1.82) is 0 Å². The van der Waals surface area contributed by atoms with Crippen LogP contribution in [-0.4, -0.2) is 36.8 Å². The van der Waals surface area contributed by atoms with E-state index in [1.54, 1.807) is 12.2 Å². The predicted molar refractivity (Wildman–Crippen MR) is 86.7 cm³/mol. The minimum absolute atomic E-state index is 0.250. The smallest absolute Gasteiger partial charge is 0.400 e. The number of hydrogen-bond donors (Lipinski definition) is 1. The van der Waals surface area contributed by atoms with Gasteiger partial charge in [0.2, 0.25) is 9.84 Å². The molecule has 0 bridgehead atoms. The summed E-state index contributed by atoms with van der Waals surface area (Å²) >= 11 is 0. The molecule has 0 radical (unpaired) electrons. The number of rotatable bonds is 3. The molecule has 5 nitrogen and oxygen atoms in total. The lowest BCUT2D eigenvalue weighted by molar-refractivity contribution is 0.00578. The fourth-order valence-electron chi connectivity index (χ4n) is 2.37. The van der Waals surface area contributed by atoms with Crippen molar-refractivity contribution in [2.24, 2.45) is 0 Å². The summed E-state index contributed by atoms with van der Waals surface area (Å²) in [6.45, 7) is 10.5. The van der Waals surface area contributed by atoms with Gasteiger partial charge < -0.3 is 14.4 Å². The van der Waals surface area contributed by atoms with Crippen molar-refractivity contribution in [2.75, 3.05) is 0 Å². The van der Waals surface area contributed by atoms with Gasteiger partial charge in [0.1, 0.15) is 0 Å². The van der Waals surface area contributed by atoms with Gasteiger partial charge in [-0.2, -0.15) is 0 Å². The van der Waals surface area contributed by atoms with Crippen LogP contribution in [0.3, 0.4) is 0 Å². The van der Waals surface area contributed by atoms with Crippen molar-refractivity contribution in [2.45, 2.75) is 70.5 Å². The minimum atomic E-state index is -3.70. The van der Waals surface area contributed by atoms with Gasteiger partial charge in [0.15, 0.2) is 4.93 Å². The third kappa shape index (κ3) is 2.91. The molecule has 1 N–H and O–H groups in total. The molecule has 0 aromatic carbocycles. The standard InChI is InChI=1S/C15H25BO5S/c1-13(2)14(3,4)21-16(20-13)11-7-9-12(10-8-11)22(18,19)15(5,6)17/h7,9,17H,8,10H2,1-6H3. The van der Waals surface area contributed by atoms with Gasteiger partial charge in [-0.1, -0.05) is 6.08 Å². The third-order valence-corrected chi connectivity index (χ3v) is 7.05. The van der Waals surface area contributed by atoms with E-state index in [0.29, 0.717) is 12.8 Å². The summed E-state index contributed by atoms with van der Waals surface area (Å²) in [5.74, 6) is 0. The first kappa shape index (κ1) is 17.7. The average molecular weight is 328 g/mol. The topological polar surface area (TPSA) is 72.8 Å². The van der Waals surface area contributed by atoms with E-state index in [0.717, 1.165) is 5.47 Å². The van der Waals surface area contributed by atoms with E-state index in [1.165, 1.54) is 13.8 Å². The van der Waals surface area contributed by atoms with Gasteiger partial charge in [-0.3, -0.25) is 0 Å². The SMILES string of the molecule is CC1(C)OB(C2=CC=C(S(=O)(=O)C(C)(C)O)CC2)OC1(C)C. The Morgan fingerprint density at radius 2 is 1.59 bits per heavy atom. The van der Waals surface area contributed by atoms with Crippen LogP contribution in [0.1, 0.15) is 54.4 Å². The van der Waals surface area contributed by atoms with E-state index >= 15 is 0 Å². The number of hydrogen-bond acceptors (Lipinski definition) is 5. The van der Waals surface area contributed by atoms with E-state index in [1.807, 2.05) is 27.7 Å². The zero-order chi connectivity index (χ0) is 17.0. The van der Waals surface area contributed by atoms with Crippen LogP contribution in [0.4, 0.5) is 0 Å². The molecular formula is C15H25BO5S. The van der Waals surface area contributed by atoms with Crippen LogP contribution < -0.4 is 0 Å². The summed E-state index contributed by atoms with van der Waals surface area (Å²) in [7, 11) is -4.15. The van der Waals surface area contributed by atoms with Gasteiger partial charge in [-0.15, -0.1) is 0 Å². The number of sulfone groups is 1. The fraction of sp³-hybridized carbons (Fsp3) is 0.733. The molecule has 0 amide bonds. The third-order valence-electron chi connectivity index (χ3n) is 4.70. The van der Waals surface area contributed by atoms with Gasteiger partial charge in [0, 0.05) is 4.91 Å². The monoisotopic (exact) mass is 328 g/mol. The van der Waals surface area contributed by atoms with E-state index in [4.69, 9.17) is 9.31 Å². The summed E-state index contributed by atoms with van der Waals surface area (Å²) in [6.07, 6.45) is 4.18. The zero-order valence-electron chi connectivity index (χ0n) is 14.1. The van der Waals surface area contributed by atoms with Crippen LogP contribution in [0.25, 0.3) is 0 Å². The van der Waals surface area contributed by atoms with Gasteiger partial charge in [-0.25, -0.2) is 8.42 Å². The molecule has 0 atom stereocenters. The maximum atomic E-state index is 12.2. The molecule has 1 aliphatic carbocycles. The van der Waals surface area contributed by atoms with Crippen LogP contribution in [0.15, 0.2) is 22.5 Å². The second kappa shape index (κ2) is 5.19. The maximum absolute atomic E-state index is 12.2. The first-order chi connectivity index (χ1) is 9.78. The van der Waals surface area contributed by atoms with Crippen LogP contribution in [0, 0.1) is 0 Å². The zero-order valence-corrected chi connectivity index (χ0v) is 15.0. The molecular weight excluding hydrogens is 303 g/mol. The Kier molecular flexibility index (Phi) is 4.18. The van der Waals surface area contributed by atoms with Crippen molar-refractivity contribution < 1.29 is 22.8 Å². The van der Waals surface area contributed by atoms with Crippen LogP contribution in [0.2, 0.25) is 0 Å². The molecule has 1 aliphatic heterocycles. The lowest BCUT2D eigenvalue weighted by Gasteiger charge is -2.32. The largest absolute Gasteiger partial charge is 0.490 e. The molecule has 1 heterocycles. The number of aliphatic hydroxyl groups is 1. The molecule has 22 heavy (non-hydrogen) atoms. The Hall–Kier alpha value is -0.625. The first-order valence-corrected chi connectivity index (χ1v) is 8.98. The maximum Gasteiger partial charge on any atom is 0.490 e. The average Bonchev–Trinajstić information content (AvgIpc) is 2.57. The predicted octanol–water partition coefficient (Wildman–Crippen LogP) is 2.37. The van der Waals surface area contributed by atoms with Gasteiger partial charge >= 0.3 is 7.12 Å². The van der Waals surface area contributed by atoms with Crippen molar-refractivity contribution >= 4 is 17.0 Å². The summed E-state index contributed by atoms with van der Waals surface area (Å²) in [5, 5.41) is 9.81. The Bertz CT molecular complexity index is 607. The summed E-state index contributed by atoms with van der Waals surface area (Å²) in [4.78, 5) is -1.52. The lowest BCUT2D eigenvalue weighted by Crippen LogP contribution is -2.41. The van der Waals surface area contributed by atoms with Crippen molar-refractivity contribution in [1.82, 2.24) is 0 Å². The lowest BCUT2D eigenvalue weighted by atomic mass is 9.74. The summed E-state index contributed by atoms with van der Waals surface area (Å²) < 4.78 is 36.4.